The van der Waals surface area contributed by atoms with Crippen LogP contribution in [0.2, 0.25) is 0 Å². The predicted octanol–water partition coefficient (Wildman–Crippen LogP) is 1.67. The lowest BCUT2D eigenvalue weighted by Crippen LogP contribution is -2.38. The second-order valence-electron chi connectivity index (χ2n) is 5.04. The minimum absolute atomic E-state index is 0.629. The van der Waals surface area contributed by atoms with Crippen LogP contribution >= 0.6 is 11.3 Å². The van der Waals surface area contributed by atoms with E-state index in [0.29, 0.717) is 6.54 Å². The molecule has 0 atom stereocenters. The number of thiazole rings is 1. The Bertz CT molecular complexity index is 422. The average Bonchev–Trinajstić information content (AvgIpc) is 3.08. The van der Waals surface area contributed by atoms with Crippen molar-refractivity contribution in [2.45, 2.75) is 26.3 Å². The minimum atomic E-state index is 0.629. The van der Waals surface area contributed by atoms with Gasteiger partial charge in [-0.15, -0.1) is 11.3 Å². The third-order valence-corrected chi connectivity index (χ3v) is 3.98. The molecule has 19 heavy (non-hydrogen) atoms. The van der Waals surface area contributed by atoms with Crippen molar-refractivity contribution in [3.8, 4) is 0 Å². The quantitative estimate of drug-likeness (QED) is 0.615. The zero-order valence-corrected chi connectivity index (χ0v) is 12.8. The monoisotopic (exact) mass is 281 g/mol. The molecule has 0 radical (unpaired) electrons. The van der Waals surface area contributed by atoms with E-state index in [9.17, 15) is 0 Å². The molecule has 1 heterocycles. The smallest absolute Gasteiger partial charge is 0.191 e. The molecule has 106 valence electrons. The molecule has 0 unspecified atom stereocenters. The lowest BCUT2D eigenvalue weighted by molar-refractivity contribution is 0.738. The Labute approximate surface area is 119 Å². The van der Waals surface area contributed by atoms with Crippen LogP contribution < -0.4 is 15.5 Å². The van der Waals surface area contributed by atoms with Gasteiger partial charge in [0.1, 0.15) is 0 Å². The SMILES string of the molecule is CCNC(=NCc1csc(N(C)C)n1)NCC1CC1. The second kappa shape index (κ2) is 6.75. The van der Waals surface area contributed by atoms with Crippen molar-refractivity contribution in [3.05, 3.63) is 11.1 Å². The van der Waals surface area contributed by atoms with Crippen molar-refractivity contribution in [3.63, 3.8) is 0 Å². The van der Waals surface area contributed by atoms with Gasteiger partial charge in [-0.1, -0.05) is 0 Å². The van der Waals surface area contributed by atoms with Crippen molar-refractivity contribution in [2.24, 2.45) is 10.9 Å². The Hall–Kier alpha value is -1.30. The topological polar surface area (TPSA) is 52.6 Å². The molecule has 1 fully saturated rings. The molecule has 0 bridgehead atoms. The van der Waals surface area contributed by atoms with E-state index >= 15 is 0 Å². The third-order valence-electron chi connectivity index (χ3n) is 2.92. The Kier molecular flexibility index (Phi) is 5.01. The van der Waals surface area contributed by atoms with Crippen LogP contribution in [0.4, 0.5) is 5.13 Å². The highest BCUT2D eigenvalue weighted by Gasteiger charge is 2.21. The number of anilines is 1. The van der Waals surface area contributed by atoms with Crippen molar-refractivity contribution in [2.75, 3.05) is 32.1 Å². The highest BCUT2D eigenvalue weighted by atomic mass is 32.1. The van der Waals surface area contributed by atoms with E-state index in [1.807, 2.05) is 19.0 Å². The van der Waals surface area contributed by atoms with Crippen LogP contribution in [0.1, 0.15) is 25.5 Å². The molecular weight excluding hydrogens is 258 g/mol. The molecule has 1 aromatic rings. The fraction of sp³-hybridized carbons (Fsp3) is 0.692. The van der Waals surface area contributed by atoms with Gasteiger partial charge in [0.15, 0.2) is 11.1 Å². The molecule has 2 N–H and O–H groups in total. The molecule has 1 saturated carbocycles. The van der Waals surface area contributed by atoms with Crippen molar-refractivity contribution in [1.29, 1.82) is 0 Å². The first-order valence-corrected chi connectivity index (χ1v) is 7.71. The summed E-state index contributed by atoms with van der Waals surface area (Å²) >= 11 is 1.66. The van der Waals surface area contributed by atoms with Crippen molar-refractivity contribution in [1.82, 2.24) is 15.6 Å². The zero-order chi connectivity index (χ0) is 13.7. The Morgan fingerprint density at radius 2 is 2.26 bits per heavy atom. The predicted molar refractivity (Wildman–Crippen MR) is 82.0 cm³/mol. The fourth-order valence-corrected chi connectivity index (χ4v) is 2.39. The summed E-state index contributed by atoms with van der Waals surface area (Å²) in [5.41, 5.74) is 1.03. The van der Waals surface area contributed by atoms with Gasteiger partial charge in [0.2, 0.25) is 0 Å². The number of rotatable bonds is 6. The van der Waals surface area contributed by atoms with Crippen molar-refractivity contribution < 1.29 is 0 Å². The van der Waals surface area contributed by atoms with Gasteiger partial charge in [0.25, 0.3) is 0 Å². The Morgan fingerprint density at radius 3 is 2.84 bits per heavy atom. The summed E-state index contributed by atoms with van der Waals surface area (Å²) in [4.78, 5) is 11.1. The summed E-state index contributed by atoms with van der Waals surface area (Å²) in [6.45, 7) is 4.63. The molecule has 2 rings (SSSR count). The first-order chi connectivity index (χ1) is 9.19. The zero-order valence-electron chi connectivity index (χ0n) is 11.9. The van der Waals surface area contributed by atoms with Crippen LogP contribution in [0.25, 0.3) is 0 Å². The van der Waals surface area contributed by atoms with Gasteiger partial charge in [0, 0.05) is 32.6 Å². The van der Waals surface area contributed by atoms with E-state index in [0.717, 1.165) is 35.8 Å². The second-order valence-corrected chi connectivity index (χ2v) is 5.87. The van der Waals surface area contributed by atoms with Crippen LogP contribution in [-0.2, 0) is 6.54 Å². The van der Waals surface area contributed by atoms with Crippen LogP contribution in [-0.4, -0.2) is 38.1 Å². The fourth-order valence-electron chi connectivity index (χ4n) is 1.64. The molecule has 0 saturated heterocycles. The summed E-state index contributed by atoms with van der Waals surface area (Å²) in [5, 5.41) is 9.76. The highest BCUT2D eigenvalue weighted by molar-refractivity contribution is 7.13. The van der Waals surface area contributed by atoms with Crippen LogP contribution in [0.3, 0.4) is 0 Å². The van der Waals surface area contributed by atoms with E-state index in [1.54, 1.807) is 11.3 Å². The summed E-state index contributed by atoms with van der Waals surface area (Å²) in [5.74, 6) is 1.75. The number of aromatic nitrogens is 1. The number of hydrogen-bond donors (Lipinski definition) is 2. The number of aliphatic imine (C=N–C) groups is 1. The third kappa shape index (κ3) is 4.70. The summed E-state index contributed by atoms with van der Waals surface area (Å²) in [6.07, 6.45) is 2.70. The molecular formula is C13H23N5S. The molecule has 5 nitrogen and oxygen atoms in total. The van der Waals surface area contributed by atoms with Gasteiger partial charge >= 0.3 is 0 Å². The summed E-state index contributed by atoms with van der Waals surface area (Å²) in [7, 11) is 4.01. The van der Waals surface area contributed by atoms with Gasteiger partial charge in [-0.2, -0.15) is 0 Å². The molecule has 0 aliphatic heterocycles. The van der Waals surface area contributed by atoms with Gasteiger partial charge < -0.3 is 15.5 Å². The van der Waals surface area contributed by atoms with Gasteiger partial charge in [-0.3, -0.25) is 0 Å². The maximum absolute atomic E-state index is 4.58. The van der Waals surface area contributed by atoms with E-state index in [1.165, 1.54) is 12.8 Å². The molecule has 0 aromatic carbocycles. The first kappa shape index (κ1) is 14.1. The maximum Gasteiger partial charge on any atom is 0.191 e. The molecule has 1 aromatic heterocycles. The molecule has 0 amide bonds. The van der Waals surface area contributed by atoms with E-state index < -0.39 is 0 Å². The standard InChI is InChI=1S/C13H23N5S/c1-4-14-12(15-7-10-5-6-10)16-8-11-9-19-13(17-11)18(2)3/h9-10H,4-8H2,1-3H3,(H2,14,15,16). The largest absolute Gasteiger partial charge is 0.357 e. The van der Waals surface area contributed by atoms with E-state index in [4.69, 9.17) is 0 Å². The number of nitrogens with zero attached hydrogens (tertiary/aromatic N) is 3. The first-order valence-electron chi connectivity index (χ1n) is 6.83. The lowest BCUT2D eigenvalue weighted by atomic mass is 10.4. The number of guanidine groups is 1. The van der Waals surface area contributed by atoms with Crippen molar-refractivity contribution >= 4 is 22.4 Å². The molecule has 1 aliphatic rings. The lowest BCUT2D eigenvalue weighted by Gasteiger charge is -2.10. The summed E-state index contributed by atoms with van der Waals surface area (Å²) < 4.78 is 0. The minimum Gasteiger partial charge on any atom is -0.357 e. The molecule has 0 spiro atoms. The van der Waals surface area contributed by atoms with Crippen LogP contribution in [0, 0.1) is 5.92 Å². The molecule has 6 heteroatoms. The maximum atomic E-state index is 4.58. The number of hydrogen-bond acceptors (Lipinski definition) is 4. The van der Waals surface area contributed by atoms with Gasteiger partial charge in [-0.05, 0) is 25.7 Å². The van der Waals surface area contributed by atoms with Crippen LogP contribution in [0.15, 0.2) is 10.4 Å². The number of nitrogens with one attached hydrogen (secondary N) is 2. The molecule has 1 aliphatic carbocycles. The highest BCUT2D eigenvalue weighted by Crippen LogP contribution is 2.27. The van der Waals surface area contributed by atoms with E-state index in [2.05, 4.69) is 32.9 Å². The normalized spacial score (nSPS) is 15.4. The van der Waals surface area contributed by atoms with Gasteiger partial charge in [0.05, 0.1) is 12.2 Å². The van der Waals surface area contributed by atoms with Gasteiger partial charge in [-0.25, -0.2) is 9.98 Å². The van der Waals surface area contributed by atoms with E-state index in [-0.39, 0.29) is 0 Å². The summed E-state index contributed by atoms with van der Waals surface area (Å²) in [6, 6.07) is 0. The Morgan fingerprint density at radius 1 is 1.47 bits per heavy atom. The average molecular weight is 281 g/mol. The Balaban J connectivity index is 1.87. The van der Waals surface area contributed by atoms with Crippen LogP contribution in [0.5, 0.6) is 0 Å².